The highest BCUT2D eigenvalue weighted by molar-refractivity contribution is 4.85. The van der Waals surface area contributed by atoms with Crippen LogP contribution in [-0.4, -0.2) is 66.2 Å². The van der Waals surface area contributed by atoms with E-state index >= 15 is 0 Å². The van der Waals surface area contributed by atoms with E-state index in [-0.39, 0.29) is 18.6 Å². The molecule has 7 heteroatoms. The first kappa shape index (κ1) is 17.7. The lowest BCUT2D eigenvalue weighted by Crippen LogP contribution is -2.52. The summed E-state index contributed by atoms with van der Waals surface area (Å²) in [7, 11) is 0. The number of aliphatic hydroxyl groups excluding tert-OH is 2. The molecule has 1 aliphatic rings. The van der Waals surface area contributed by atoms with Crippen LogP contribution in [0.1, 0.15) is 26.2 Å². The summed E-state index contributed by atoms with van der Waals surface area (Å²) in [6.45, 7) is 2.58. The molecule has 0 aromatic rings. The minimum atomic E-state index is -4.21. The van der Waals surface area contributed by atoms with Crippen LogP contribution in [0.3, 0.4) is 0 Å². The first-order valence-corrected chi connectivity index (χ1v) is 7.15. The number of rotatable bonds is 7. The van der Waals surface area contributed by atoms with E-state index in [1.54, 1.807) is 0 Å². The average molecular weight is 298 g/mol. The number of hydrogen-bond donors (Lipinski definition) is 3. The van der Waals surface area contributed by atoms with Gasteiger partial charge < -0.3 is 15.5 Å². The summed E-state index contributed by atoms with van der Waals surface area (Å²) in [5.74, 6) is 0.163. The Morgan fingerprint density at radius 1 is 1.35 bits per heavy atom. The van der Waals surface area contributed by atoms with Crippen LogP contribution >= 0.6 is 0 Å². The van der Waals surface area contributed by atoms with Crippen molar-refractivity contribution < 1.29 is 23.4 Å². The summed E-state index contributed by atoms with van der Waals surface area (Å²) in [5, 5.41) is 21.2. The lowest BCUT2D eigenvalue weighted by atomic mass is 9.89. The van der Waals surface area contributed by atoms with Gasteiger partial charge in [0.05, 0.1) is 19.3 Å². The molecule has 0 aliphatic carbocycles. The molecule has 1 heterocycles. The van der Waals surface area contributed by atoms with Crippen LogP contribution in [0.25, 0.3) is 0 Å². The van der Waals surface area contributed by atoms with Gasteiger partial charge in [-0.25, -0.2) is 0 Å². The lowest BCUT2D eigenvalue weighted by molar-refractivity contribution is -0.127. The van der Waals surface area contributed by atoms with Gasteiger partial charge in [0.15, 0.2) is 0 Å². The maximum absolute atomic E-state index is 12.3. The smallest absolute Gasteiger partial charge is 0.395 e. The van der Waals surface area contributed by atoms with Crippen LogP contribution in [0.15, 0.2) is 0 Å². The Labute approximate surface area is 118 Å². The predicted molar refractivity (Wildman–Crippen MR) is 70.4 cm³/mol. The van der Waals surface area contributed by atoms with Crippen molar-refractivity contribution in [3.63, 3.8) is 0 Å². The number of piperidine rings is 1. The SMILES string of the molecule is CCC(O)CC1CC(NCC(F)(F)F)CN(CCO)C1. The van der Waals surface area contributed by atoms with Crippen molar-refractivity contribution in [2.45, 2.75) is 44.5 Å². The zero-order chi connectivity index (χ0) is 15.2. The van der Waals surface area contributed by atoms with Gasteiger partial charge in [-0.15, -0.1) is 0 Å². The largest absolute Gasteiger partial charge is 0.401 e. The van der Waals surface area contributed by atoms with E-state index in [0.29, 0.717) is 32.4 Å². The molecule has 3 atom stereocenters. The van der Waals surface area contributed by atoms with E-state index in [1.807, 2.05) is 11.8 Å². The summed E-state index contributed by atoms with van der Waals surface area (Å²) < 4.78 is 36.8. The topological polar surface area (TPSA) is 55.7 Å². The molecule has 0 radical (unpaired) electrons. The van der Waals surface area contributed by atoms with Crippen molar-refractivity contribution in [3.8, 4) is 0 Å². The Morgan fingerprint density at radius 2 is 2.05 bits per heavy atom. The van der Waals surface area contributed by atoms with Gasteiger partial charge in [0.1, 0.15) is 0 Å². The van der Waals surface area contributed by atoms with Crippen LogP contribution in [0.5, 0.6) is 0 Å². The van der Waals surface area contributed by atoms with E-state index in [4.69, 9.17) is 5.11 Å². The van der Waals surface area contributed by atoms with Gasteiger partial charge in [0.25, 0.3) is 0 Å². The Morgan fingerprint density at radius 3 is 2.60 bits per heavy atom. The van der Waals surface area contributed by atoms with E-state index in [2.05, 4.69) is 5.32 Å². The summed E-state index contributed by atoms with van der Waals surface area (Å²) in [6, 6.07) is -0.244. The van der Waals surface area contributed by atoms with Crippen LogP contribution in [0.4, 0.5) is 13.2 Å². The van der Waals surface area contributed by atoms with Gasteiger partial charge in [-0.05, 0) is 25.2 Å². The minimum absolute atomic E-state index is 0.00492. The lowest BCUT2D eigenvalue weighted by Gasteiger charge is -2.38. The zero-order valence-electron chi connectivity index (χ0n) is 11.9. The quantitative estimate of drug-likeness (QED) is 0.656. The van der Waals surface area contributed by atoms with Crippen LogP contribution in [0.2, 0.25) is 0 Å². The summed E-state index contributed by atoms with van der Waals surface area (Å²) >= 11 is 0. The van der Waals surface area contributed by atoms with Gasteiger partial charge in [-0.1, -0.05) is 6.92 Å². The van der Waals surface area contributed by atoms with E-state index in [1.165, 1.54) is 0 Å². The van der Waals surface area contributed by atoms with Crippen molar-refractivity contribution in [1.29, 1.82) is 0 Å². The van der Waals surface area contributed by atoms with Crippen LogP contribution < -0.4 is 5.32 Å². The zero-order valence-corrected chi connectivity index (χ0v) is 11.9. The Balaban J connectivity index is 2.51. The molecule has 20 heavy (non-hydrogen) atoms. The second-order valence-corrected chi connectivity index (χ2v) is 5.58. The monoisotopic (exact) mass is 298 g/mol. The molecular weight excluding hydrogens is 273 g/mol. The second-order valence-electron chi connectivity index (χ2n) is 5.58. The fraction of sp³-hybridized carbons (Fsp3) is 1.00. The molecule has 0 spiro atoms. The first-order valence-electron chi connectivity index (χ1n) is 7.15. The highest BCUT2D eigenvalue weighted by Crippen LogP contribution is 2.23. The number of alkyl halides is 3. The molecule has 0 aromatic carbocycles. The minimum Gasteiger partial charge on any atom is -0.395 e. The number of nitrogens with zero attached hydrogens (tertiary/aromatic N) is 1. The molecule has 0 saturated carbocycles. The Hall–Kier alpha value is -0.370. The molecule has 1 saturated heterocycles. The number of halogens is 3. The van der Waals surface area contributed by atoms with Crippen molar-refractivity contribution in [2.75, 3.05) is 32.8 Å². The third-order valence-electron chi connectivity index (χ3n) is 3.70. The Bertz CT molecular complexity index is 277. The third-order valence-corrected chi connectivity index (χ3v) is 3.70. The standard InChI is InChI=1S/C13H25F3N2O2/c1-2-12(20)6-10-5-11(17-9-13(14,15)16)8-18(7-10)3-4-19/h10-12,17,19-20H,2-9H2,1H3. The summed E-state index contributed by atoms with van der Waals surface area (Å²) in [4.78, 5) is 1.96. The molecule has 1 fully saturated rings. The molecule has 0 aromatic heterocycles. The maximum atomic E-state index is 12.3. The molecule has 0 amide bonds. The average Bonchev–Trinajstić information content (AvgIpc) is 2.35. The highest BCUT2D eigenvalue weighted by atomic mass is 19.4. The molecular formula is C13H25F3N2O2. The van der Waals surface area contributed by atoms with E-state index in [0.717, 1.165) is 6.54 Å². The molecule has 4 nitrogen and oxygen atoms in total. The Kier molecular flexibility index (Phi) is 7.22. The van der Waals surface area contributed by atoms with Crippen molar-refractivity contribution in [3.05, 3.63) is 0 Å². The van der Waals surface area contributed by atoms with Crippen molar-refractivity contribution in [1.82, 2.24) is 10.2 Å². The molecule has 0 bridgehead atoms. The van der Waals surface area contributed by atoms with Crippen LogP contribution in [0, 0.1) is 5.92 Å². The van der Waals surface area contributed by atoms with Crippen molar-refractivity contribution in [2.24, 2.45) is 5.92 Å². The molecule has 3 N–H and O–H groups in total. The van der Waals surface area contributed by atoms with Gasteiger partial charge in [-0.3, -0.25) is 4.90 Å². The third kappa shape index (κ3) is 6.88. The van der Waals surface area contributed by atoms with Crippen LogP contribution in [-0.2, 0) is 0 Å². The highest BCUT2D eigenvalue weighted by Gasteiger charge is 2.32. The molecule has 120 valence electrons. The molecule has 3 unspecified atom stereocenters. The van der Waals surface area contributed by atoms with E-state index in [9.17, 15) is 18.3 Å². The number of nitrogens with one attached hydrogen (secondary N) is 1. The van der Waals surface area contributed by atoms with Gasteiger partial charge in [0.2, 0.25) is 0 Å². The summed E-state index contributed by atoms with van der Waals surface area (Å²) in [6.07, 6.45) is -2.73. The second kappa shape index (κ2) is 8.17. The molecule has 1 aliphatic heterocycles. The summed E-state index contributed by atoms with van der Waals surface area (Å²) in [5.41, 5.74) is 0. The van der Waals surface area contributed by atoms with E-state index < -0.39 is 18.8 Å². The number of hydrogen-bond acceptors (Lipinski definition) is 4. The first-order chi connectivity index (χ1) is 9.34. The van der Waals surface area contributed by atoms with Gasteiger partial charge >= 0.3 is 6.18 Å². The normalized spacial score (nSPS) is 26.7. The maximum Gasteiger partial charge on any atom is 0.401 e. The van der Waals surface area contributed by atoms with Gasteiger partial charge in [0, 0.05) is 25.7 Å². The molecule has 1 rings (SSSR count). The number of likely N-dealkylation sites (tertiary alicyclic amines) is 1. The number of β-amino-alcohol motifs (C(OH)–C–C–N with tert-alkyl or cyclic N) is 1. The fourth-order valence-electron chi connectivity index (χ4n) is 2.76. The van der Waals surface area contributed by atoms with Gasteiger partial charge in [-0.2, -0.15) is 13.2 Å². The van der Waals surface area contributed by atoms with Crippen molar-refractivity contribution >= 4 is 0 Å². The fourth-order valence-corrected chi connectivity index (χ4v) is 2.76. The predicted octanol–water partition coefficient (Wildman–Crippen LogP) is 0.982. The number of aliphatic hydroxyl groups is 2.